The maximum Gasteiger partial charge on any atom is 0.408 e. The van der Waals surface area contributed by atoms with E-state index < -0.39 is 23.7 Å². The van der Waals surface area contributed by atoms with Crippen LogP contribution < -0.4 is 10.1 Å². The van der Waals surface area contributed by atoms with E-state index >= 15 is 0 Å². The molecule has 1 aromatic carbocycles. The minimum atomic E-state index is -1.14. The number of hydrogen-bond donors (Lipinski definition) is 2. The van der Waals surface area contributed by atoms with Crippen LogP contribution >= 0.6 is 0 Å². The highest BCUT2D eigenvalue weighted by Gasteiger charge is 2.24. The summed E-state index contributed by atoms with van der Waals surface area (Å²) in [5, 5.41) is 11.6. The Morgan fingerprint density at radius 1 is 1.30 bits per heavy atom. The summed E-state index contributed by atoms with van der Waals surface area (Å²) < 4.78 is 10.3. The van der Waals surface area contributed by atoms with Gasteiger partial charge in [0, 0.05) is 6.42 Å². The van der Waals surface area contributed by atoms with E-state index in [4.69, 9.17) is 15.9 Å². The molecule has 23 heavy (non-hydrogen) atoms. The molecule has 0 aromatic heterocycles. The van der Waals surface area contributed by atoms with Gasteiger partial charge in [0.15, 0.2) is 0 Å². The van der Waals surface area contributed by atoms with Crippen molar-refractivity contribution in [2.75, 3.05) is 6.61 Å². The second-order valence-corrected chi connectivity index (χ2v) is 5.88. The minimum absolute atomic E-state index is 0.129. The van der Waals surface area contributed by atoms with Crippen molar-refractivity contribution in [1.82, 2.24) is 5.32 Å². The summed E-state index contributed by atoms with van der Waals surface area (Å²) in [6.07, 6.45) is 4.47. The molecule has 1 amide bonds. The molecule has 0 heterocycles. The lowest BCUT2D eigenvalue weighted by Gasteiger charge is -2.22. The third-order valence-corrected chi connectivity index (χ3v) is 2.67. The van der Waals surface area contributed by atoms with Gasteiger partial charge < -0.3 is 19.9 Å². The number of nitrogens with one attached hydrogen (secondary N) is 1. The summed E-state index contributed by atoms with van der Waals surface area (Å²) in [5.41, 5.74) is 0.0462. The van der Waals surface area contributed by atoms with Crippen LogP contribution in [0, 0.1) is 12.3 Å². The van der Waals surface area contributed by atoms with Crippen LogP contribution in [0.2, 0.25) is 0 Å². The number of hydrogen-bond acceptors (Lipinski definition) is 4. The van der Waals surface area contributed by atoms with Gasteiger partial charge in [0.2, 0.25) is 0 Å². The first kappa shape index (κ1) is 18.4. The normalized spacial score (nSPS) is 11.9. The van der Waals surface area contributed by atoms with E-state index in [1.165, 1.54) is 0 Å². The fourth-order valence-electron chi connectivity index (χ4n) is 1.73. The number of amides is 1. The quantitative estimate of drug-likeness (QED) is 0.785. The predicted molar refractivity (Wildman–Crippen MR) is 85.3 cm³/mol. The van der Waals surface area contributed by atoms with Crippen LogP contribution in [0.4, 0.5) is 4.79 Å². The van der Waals surface area contributed by atoms with Gasteiger partial charge in [-0.25, -0.2) is 9.59 Å². The number of terminal acetylenes is 1. The maximum absolute atomic E-state index is 11.7. The fourth-order valence-corrected chi connectivity index (χ4v) is 1.73. The van der Waals surface area contributed by atoms with Gasteiger partial charge in [-0.1, -0.05) is 18.1 Å². The van der Waals surface area contributed by atoms with Crippen LogP contribution in [-0.2, 0) is 16.0 Å². The molecule has 0 fully saturated rings. The van der Waals surface area contributed by atoms with Gasteiger partial charge in [0.05, 0.1) is 0 Å². The Kier molecular flexibility index (Phi) is 6.46. The van der Waals surface area contributed by atoms with Gasteiger partial charge in [0.25, 0.3) is 0 Å². The topological polar surface area (TPSA) is 84.9 Å². The molecule has 1 atom stereocenters. The molecule has 0 unspecified atom stereocenters. The smallest absolute Gasteiger partial charge is 0.408 e. The molecular weight excluding hydrogens is 298 g/mol. The van der Waals surface area contributed by atoms with E-state index in [0.717, 1.165) is 5.56 Å². The molecule has 0 saturated heterocycles. The molecule has 6 heteroatoms. The number of ether oxygens (including phenoxy) is 2. The van der Waals surface area contributed by atoms with Crippen LogP contribution in [0.5, 0.6) is 5.75 Å². The van der Waals surface area contributed by atoms with Crippen molar-refractivity contribution in [3.63, 3.8) is 0 Å². The van der Waals surface area contributed by atoms with E-state index in [9.17, 15) is 14.7 Å². The molecule has 0 radical (unpaired) electrons. The van der Waals surface area contributed by atoms with E-state index in [1.54, 1.807) is 45.0 Å². The van der Waals surface area contributed by atoms with Crippen molar-refractivity contribution in [2.24, 2.45) is 0 Å². The second-order valence-electron chi connectivity index (χ2n) is 5.88. The predicted octanol–water partition coefficient (Wildman–Crippen LogP) is 2.22. The van der Waals surface area contributed by atoms with Gasteiger partial charge in [-0.15, -0.1) is 6.42 Å². The Labute approximate surface area is 135 Å². The molecule has 0 spiro atoms. The summed E-state index contributed by atoms with van der Waals surface area (Å²) in [4.78, 5) is 23.0. The third-order valence-electron chi connectivity index (χ3n) is 2.67. The average molecular weight is 319 g/mol. The number of carboxylic acid groups (broad SMARTS) is 1. The van der Waals surface area contributed by atoms with E-state index in [2.05, 4.69) is 11.2 Å². The van der Waals surface area contributed by atoms with Crippen LogP contribution in [0.1, 0.15) is 26.3 Å². The molecule has 2 N–H and O–H groups in total. The molecule has 0 bridgehead atoms. The summed E-state index contributed by atoms with van der Waals surface area (Å²) in [6.45, 7) is 5.28. The van der Waals surface area contributed by atoms with Crippen LogP contribution in [0.15, 0.2) is 24.3 Å². The highest BCUT2D eigenvalue weighted by Crippen LogP contribution is 2.14. The van der Waals surface area contributed by atoms with Crippen molar-refractivity contribution in [3.05, 3.63) is 29.8 Å². The third kappa shape index (κ3) is 7.23. The molecular formula is C17H21NO5. The van der Waals surface area contributed by atoms with Crippen LogP contribution in [0.3, 0.4) is 0 Å². The number of benzene rings is 1. The fraction of sp³-hybridized carbons (Fsp3) is 0.412. The summed E-state index contributed by atoms with van der Waals surface area (Å²) in [6, 6.07) is 5.75. The monoisotopic (exact) mass is 319 g/mol. The lowest BCUT2D eigenvalue weighted by molar-refractivity contribution is -0.139. The highest BCUT2D eigenvalue weighted by molar-refractivity contribution is 5.80. The maximum atomic E-state index is 11.7. The van der Waals surface area contributed by atoms with Gasteiger partial charge in [-0.05, 0) is 38.5 Å². The first-order valence-electron chi connectivity index (χ1n) is 7.09. The first-order chi connectivity index (χ1) is 10.7. The Morgan fingerprint density at radius 3 is 2.39 bits per heavy atom. The number of carbonyl (C=O) groups is 2. The van der Waals surface area contributed by atoms with Crippen molar-refractivity contribution >= 4 is 12.1 Å². The summed E-state index contributed by atoms with van der Waals surface area (Å²) in [7, 11) is 0. The SMILES string of the molecule is C#CCOc1ccc(C[C@H](NC(=O)OC(C)(C)C)C(=O)O)cc1. The Hall–Kier alpha value is -2.68. The number of carbonyl (C=O) groups excluding carboxylic acids is 1. The van der Waals surface area contributed by atoms with Crippen molar-refractivity contribution in [1.29, 1.82) is 0 Å². The van der Waals surface area contributed by atoms with Crippen molar-refractivity contribution in [2.45, 2.75) is 38.8 Å². The molecule has 0 aliphatic carbocycles. The Bertz CT molecular complexity index is 580. The molecule has 0 aliphatic heterocycles. The number of rotatable bonds is 6. The molecule has 1 rings (SSSR count). The summed E-state index contributed by atoms with van der Waals surface area (Å²) >= 11 is 0. The van der Waals surface area contributed by atoms with E-state index in [1.807, 2.05) is 0 Å². The summed E-state index contributed by atoms with van der Waals surface area (Å²) in [5.74, 6) is 1.82. The second kappa shape index (κ2) is 8.08. The molecule has 6 nitrogen and oxygen atoms in total. The minimum Gasteiger partial charge on any atom is -0.481 e. The first-order valence-corrected chi connectivity index (χ1v) is 7.09. The molecule has 124 valence electrons. The average Bonchev–Trinajstić information content (AvgIpc) is 2.43. The number of alkyl carbamates (subject to hydrolysis) is 1. The lowest BCUT2D eigenvalue weighted by atomic mass is 10.1. The lowest BCUT2D eigenvalue weighted by Crippen LogP contribution is -2.44. The Balaban J connectivity index is 2.67. The van der Waals surface area contributed by atoms with Gasteiger partial charge in [-0.3, -0.25) is 0 Å². The van der Waals surface area contributed by atoms with Gasteiger partial charge in [0.1, 0.15) is 24.0 Å². The van der Waals surface area contributed by atoms with Gasteiger partial charge >= 0.3 is 12.1 Å². The largest absolute Gasteiger partial charge is 0.481 e. The van der Waals surface area contributed by atoms with E-state index in [0.29, 0.717) is 5.75 Å². The molecule has 0 aliphatic rings. The zero-order chi connectivity index (χ0) is 17.5. The molecule has 0 saturated carbocycles. The van der Waals surface area contributed by atoms with Crippen molar-refractivity contribution < 1.29 is 24.2 Å². The zero-order valence-corrected chi connectivity index (χ0v) is 13.5. The van der Waals surface area contributed by atoms with Gasteiger partial charge in [-0.2, -0.15) is 0 Å². The standard InChI is InChI=1S/C17H21NO5/c1-5-10-22-13-8-6-12(7-9-13)11-14(15(19)20)18-16(21)23-17(2,3)4/h1,6-9,14H,10-11H2,2-4H3,(H,18,21)(H,19,20)/t14-/m0/s1. The molecule has 1 aromatic rings. The van der Waals surface area contributed by atoms with Crippen LogP contribution in [-0.4, -0.2) is 35.4 Å². The van der Waals surface area contributed by atoms with Crippen LogP contribution in [0.25, 0.3) is 0 Å². The van der Waals surface area contributed by atoms with Crippen molar-refractivity contribution in [3.8, 4) is 18.1 Å². The Morgan fingerprint density at radius 2 is 1.91 bits per heavy atom. The highest BCUT2D eigenvalue weighted by atomic mass is 16.6. The van der Waals surface area contributed by atoms with E-state index in [-0.39, 0.29) is 13.0 Å². The number of carboxylic acids is 1. The number of aliphatic carboxylic acids is 1. The zero-order valence-electron chi connectivity index (χ0n) is 13.5.